The van der Waals surface area contributed by atoms with E-state index in [0.29, 0.717) is 36.1 Å². The van der Waals surface area contributed by atoms with E-state index in [0.717, 1.165) is 38.9 Å². The summed E-state index contributed by atoms with van der Waals surface area (Å²) in [5.41, 5.74) is 0.569. The molecule has 4 rings (SSSR count). The summed E-state index contributed by atoms with van der Waals surface area (Å²) in [7, 11) is 0. The topological polar surface area (TPSA) is 95.3 Å². The number of ether oxygens (including phenoxy) is 3. The number of amides is 1. The SMILES string of the molecule is N#Cc1ccc2c(c1)OC(CN1CCC(CCN3C(=O)OC[C@@H]3CO)CC1)CO2. The van der Waals surface area contributed by atoms with Gasteiger partial charge in [-0.3, -0.25) is 9.80 Å². The lowest BCUT2D eigenvalue weighted by Gasteiger charge is -2.36. The van der Waals surface area contributed by atoms with Crippen molar-refractivity contribution in [2.24, 2.45) is 5.92 Å². The first-order valence-corrected chi connectivity index (χ1v) is 10.3. The van der Waals surface area contributed by atoms with Crippen LogP contribution in [0.5, 0.6) is 11.5 Å². The standard InChI is InChI=1S/C21H27N3O5/c22-10-16-1-2-19-20(9-16)29-18(14-27-19)11-23-6-3-15(4-7-23)5-8-24-17(12-25)13-28-21(24)26/h1-2,9,15,17-18,25H,3-8,11-14H2/t17-,18?/m0/s1. The van der Waals surface area contributed by atoms with Crippen LogP contribution in [0.1, 0.15) is 24.8 Å². The molecule has 0 radical (unpaired) electrons. The minimum atomic E-state index is -0.309. The van der Waals surface area contributed by atoms with E-state index in [1.165, 1.54) is 0 Å². The van der Waals surface area contributed by atoms with E-state index in [1.54, 1.807) is 23.1 Å². The number of carbonyl (C=O) groups is 1. The lowest BCUT2D eigenvalue weighted by Crippen LogP contribution is -2.44. The number of nitrogens with zero attached hydrogens (tertiary/aromatic N) is 3. The molecule has 0 aliphatic carbocycles. The van der Waals surface area contributed by atoms with Gasteiger partial charge in [-0.2, -0.15) is 5.26 Å². The smallest absolute Gasteiger partial charge is 0.410 e. The van der Waals surface area contributed by atoms with E-state index >= 15 is 0 Å². The number of cyclic esters (lactones) is 1. The summed E-state index contributed by atoms with van der Waals surface area (Å²) in [5, 5.41) is 18.4. The second-order valence-corrected chi connectivity index (χ2v) is 7.96. The Bertz CT molecular complexity index is 772. The molecule has 3 heterocycles. The Labute approximate surface area is 170 Å². The van der Waals surface area contributed by atoms with Crippen LogP contribution in [0.15, 0.2) is 18.2 Å². The van der Waals surface area contributed by atoms with E-state index in [-0.39, 0.29) is 31.5 Å². The number of hydrogen-bond acceptors (Lipinski definition) is 7. The number of fused-ring (bicyclic) bond motifs is 1. The second-order valence-electron chi connectivity index (χ2n) is 7.96. The third kappa shape index (κ3) is 4.57. The molecule has 8 nitrogen and oxygen atoms in total. The molecule has 0 spiro atoms. The molecule has 1 amide bonds. The number of hydrogen-bond donors (Lipinski definition) is 1. The summed E-state index contributed by atoms with van der Waals surface area (Å²) in [5.74, 6) is 1.91. The van der Waals surface area contributed by atoms with Crippen molar-refractivity contribution in [3.05, 3.63) is 23.8 Å². The summed E-state index contributed by atoms with van der Waals surface area (Å²) in [6.07, 6.45) is 2.74. The van der Waals surface area contributed by atoms with Gasteiger partial charge in [0.2, 0.25) is 0 Å². The zero-order valence-corrected chi connectivity index (χ0v) is 16.5. The van der Waals surface area contributed by atoms with Crippen molar-refractivity contribution in [3.8, 4) is 17.6 Å². The highest BCUT2D eigenvalue weighted by atomic mass is 16.6. The van der Waals surface area contributed by atoms with Crippen LogP contribution >= 0.6 is 0 Å². The quantitative estimate of drug-likeness (QED) is 0.774. The Kier molecular flexibility index (Phi) is 6.07. The van der Waals surface area contributed by atoms with Crippen LogP contribution in [-0.4, -0.2) is 79.1 Å². The van der Waals surface area contributed by atoms with E-state index in [9.17, 15) is 9.90 Å². The predicted molar refractivity (Wildman–Crippen MR) is 104 cm³/mol. The molecule has 8 heteroatoms. The number of benzene rings is 1. The maximum atomic E-state index is 11.8. The monoisotopic (exact) mass is 401 g/mol. The van der Waals surface area contributed by atoms with Gasteiger partial charge in [0.25, 0.3) is 0 Å². The molecule has 1 unspecified atom stereocenters. The average Bonchev–Trinajstić information content (AvgIpc) is 3.12. The molecule has 0 bridgehead atoms. The van der Waals surface area contributed by atoms with Crippen molar-refractivity contribution in [2.45, 2.75) is 31.4 Å². The summed E-state index contributed by atoms with van der Waals surface area (Å²) >= 11 is 0. The molecule has 3 aliphatic heterocycles. The van der Waals surface area contributed by atoms with Crippen LogP contribution in [0.25, 0.3) is 0 Å². The Balaban J connectivity index is 1.21. The first-order chi connectivity index (χ1) is 14.2. The molecule has 156 valence electrons. The van der Waals surface area contributed by atoms with Crippen LogP contribution in [0, 0.1) is 17.2 Å². The van der Waals surface area contributed by atoms with Crippen LogP contribution in [0.3, 0.4) is 0 Å². The molecule has 0 aromatic heterocycles. The normalized spacial score (nSPS) is 25.0. The molecule has 1 aromatic rings. The fourth-order valence-electron chi connectivity index (χ4n) is 4.26. The van der Waals surface area contributed by atoms with Crippen molar-refractivity contribution in [2.75, 3.05) is 46.0 Å². The van der Waals surface area contributed by atoms with E-state index < -0.39 is 0 Å². The fourth-order valence-corrected chi connectivity index (χ4v) is 4.26. The molecule has 2 saturated heterocycles. The van der Waals surface area contributed by atoms with Crippen LogP contribution in [0.4, 0.5) is 4.79 Å². The van der Waals surface area contributed by atoms with Gasteiger partial charge in [-0.15, -0.1) is 0 Å². The number of piperidine rings is 1. The predicted octanol–water partition coefficient (Wildman–Crippen LogP) is 1.61. The summed E-state index contributed by atoms with van der Waals surface area (Å²) < 4.78 is 16.9. The van der Waals surface area contributed by atoms with Gasteiger partial charge in [0.1, 0.15) is 19.3 Å². The van der Waals surface area contributed by atoms with Gasteiger partial charge in [0.05, 0.1) is 24.3 Å². The van der Waals surface area contributed by atoms with Crippen LogP contribution in [-0.2, 0) is 4.74 Å². The molecule has 2 atom stereocenters. The molecule has 0 saturated carbocycles. The highest BCUT2D eigenvalue weighted by Gasteiger charge is 2.33. The second kappa shape index (κ2) is 8.89. The lowest BCUT2D eigenvalue weighted by molar-refractivity contribution is 0.0464. The van der Waals surface area contributed by atoms with Crippen molar-refractivity contribution in [1.29, 1.82) is 5.26 Å². The zero-order chi connectivity index (χ0) is 20.2. The van der Waals surface area contributed by atoms with E-state index in [1.807, 2.05) is 0 Å². The van der Waals surface area contributed by atoms with Gasteiger partial charge in [0, 0.05) is 19.2 Å². The summed E-state index contributed by atoms with van der Waals surface area (Å²) in [6, 6.07) is 7.18. The lowest BCUT2D eigenvalue weighted by atomic mass is 9.93. The van der Waals surface area contributed by atoms with E-state index in [4.69, 9.17) is 19.5 Å². The van der Waals surface area contributed by atoms with E-state index in [2.05, 4.69) is 11.0 Å². The first-order valence-electron chi connectivity index (χ1n) is 10.3. The number of rotatable bonds is 6. The molecule has 2 fully saturated rings. The van der Waals surface area contributed by atoms with Gasteiger partial charge < -0.3 is 19.3 Å². The number of aliphatic hydroxyl groups excluding tert-OH is 1. The zero-order valence-electron chi connectivity index (χ0n) is 16.5. The minimum Gasteiger partial charge on any atom is -0.486 e. The van der Waals surface area contributed by atoms with Gasteiger partial charge in [-0.05, 0) is 50.4 Å². The summed E-state index contributed by atoms with van der Waals surface area (Å²) in [6.45, 7) is 4.18. The Morgan fingerprint density at radius 3 is 2.76 bits per heavy atom. The average molecular weight is 401 g/mol. The van der Waals surface area contributed by atoms with Crippen molar-refractivity contribution in [1.82, 2.24) is 9.80 Å². The number of likely N-dealkylation sites (tertiary alicyclic amines) is 1. The molecule has 29 heavy (non-hydrogen) atoms. The third-order valence-corrected chi connectivity index (χ3v) is 6.02. The number of nitriles is 1. The first kappa shape index (κ1) is 19.8. The largest absolute Gasteiger partial charge is 0.486 e. The molecule has 1 aromatic carbocycles. The van der Waals surface area contributed by atoms with Crippen molar-refractivity contribution < 1.29 is 24.1 Å². The minimum absolute atomic E-state index is 0.0438. The maximum Gasteiger partial charge on any atom is 0.410 e. The fraction of sp³-hybridized carbons (Fsp3) is 0.619. The van der Waals surface area contributed by atoms with Crippen LogP contribution in [0.2, 0.25) is 0 Å². The van der Waals surface area contributed by atoms with Gasteiger partial charge in [-0.25, -0.2) is 4.79 Å². The molecular weight excluding hydrogens is 374 g/mol. The molecule has 1 N–H and O–H groups in total. The van der Waals surface area contributed by atoms with Crippen molar-refractivity contribution in [3.63, 3.8) is 0 Å². The third-order valence-electron chi connectivity index (χ3n) is 6.02. The van der Waals surface area contributed by atoms with Gasteiger partial charge in [0.15, 0.2) is 11.5 Å². The van der Waals surface area contributed by atoms with Gasteiger partial charge in [-0.1, -0.05) is 0 Å². The summed E-state index contributed by atoms with van der Waals surface area (Å²) in [4.78, 5) is 15.8. The highest BCUT2D eigenvalue weighted by Crippen LogP contribution is 2.33. The molecule has 3 aliphatic rings. The Morgan fingerprint density at radius 2 is 2.00 bits per heavy atom. The maximum absolute atomic E-state index is 11.8. The Hall–Kier alpha value is -2.50. The number of aliphatic hydroxyl groups is 1. The Morgan fingerprint density at radius 1 is 1.17 bits per heavy atom. The number of carbonyl (C=O) groups excluding carboxylic acids is 1. The highest BCUT2D eigenvalue weighted by molar-refractivity contribution is 5.70. The van der Waals surface area contributed by atoms with Gasteiger partial charge >= 0.3 is 6.09 Å². The molecular formula is C21H27N3O5. The van der Waals surface area contributed by atoms with Crippen molar-refractivity contribution >= 4 is 6.09 Å². The van der Waals surface area contributed by atoms with Crippen LogP contribution < -0.4 is 9.47 Å².